The van der Waals surface area contributed by atoms with Gasteiger partial charge < -0.3 is 9.47 Å². The molecule has 3 nitrogen and oxygen atoms in total. The summed E-state index contributed by atoms with van der Waals surface area (Å²) in [5.74, 6) is 1.25. The minimum atomic E-state index is -0.0630. The van der Waals surface area contributed by atoms with Gasteiger partial charge in [0.1, 0.15) is 13.2 Å². The molecule has 3 rings (SSSR count). The first kappa shape index (κ1) is 13.9. The number of ether oxygens (including phenoxy) is 2. The molecule has 0 fully saturated rings. The molecule has 1 aliphatic rings. The molecule has 21 heavy (non-hydrogen) atoms. The highest BCUT2D eigenvalue weighted by Crippen LogP contribution is 2.31. The summed E-state index contributed by atoms with van der Waals surface area (Å²) < 4.78 is 11.9. The third-order valence-electron chi connectivity index (χ3n) is 3.10. The van der Waals surface area contributed by atoms with E-state index >= 15 is 0 Å². The third kappa shape index (κ3) is 3.34. The molecule has 0 radical (unpaired) electrons. The molecule has 0 atom stereocenters. The van der Waals surface area contributed by atoms with Crippen molar-refractivity contribution in [1.29, 1.82) is 0 Å². The average molecular weight is 345 g/mol. The molecule has 0 N–H and O–H groups in total. The van der Waals surface area contributed by atoms with Crippen molar-refractivity contribution in [2.24, 2.45) is 0 Å². The topological polar surface area (TPSA) is 35.5 Å². The van der Waals surface area contributed by atoms with Crippen molar-refractivity contribution in [1.82, 2.24) is 0 Å². The Morgan fingerprint density at radius 3 is 2.67 bits per heavy atom. The van der Waals surface area contributed by atoms with Crippen molar-refractivity contribution >= 4 is 27.8 Å². The lowest BCUT2D eigenvalue weighted by Crippen LogP contribution is -2.15. The second kappa shape index (κ2) is 6.14. The van der Waals surface area contributed by atoms with Gasteiger partial charge in [-0.1, -0.05) is 34.1 Å². The summed E-state index contributed by atoms with van der Waals surface area (Å²) in [5, 5.41) is 0. The van der Waals surface area contributed by atoms with Crippen molar-refractivity contribution in [3.8, 4) is 11.5 Å². The van der Waals surface area contributed by atoms with Crippen LogP contribution in [-0.4, -0.2) is 19.0 Å². The first-order valence-electron chi connectivity index (χ1n) is 6.60. The second-order valence-corrected chi connectivity index (χ2v) is 5.53. The maximum Gasteiger partial charge on any atom is 0.185 e. The average Bonchev–Trinajstić information content (AvgIpc) is 2.52. The van der Waals surface area contributed by atoms with Crippen LogP contribution in [0, 0.1) is 0 Å². The van der Waals surface area contributed by atoms with Gasteiger partial charge in [0.2, 0.25) is 0 Å². The van der Waals surface area contributed by atoms with Crippen LogP contribution in [0.25, 0.3) is 6.08 Å². The number of ketones is 1. The lowest BCUT2D eigenvalue weighted by molar-refractivity contribution is 0.104. The van der Waals surface area contributed by atoms with E-state index in [4.69, 9.17) is 9.47 Å². The first-order chi connectivity index (χ1) is 10.2. The van der Waals surface area contributed by atoms with Crippen molar-refractivity contribution < 1.29 is 14.3 Å². The van der Waals surface area contributed by atoms with Gasteiger partial charge in [0.25, 0.3) is 0 Å². The van der Waals surface area contributed by atoms with Gasteiger partial charge in [0, 0.05) is 10.0 Å². The lowest BCUT2D eigenvalue weighted by atomic mass is 10.1. The van der Waals surface area contributed by atoms with Crippen molar-refractivity contribution in [3.63, 3.8) is 0 Å². The number of benzene rings is 2. The molecule has 1 heterocycles. The van der Waals surface area contributed by atoms with Crippen molar-refractivity contribution in [2.45, 2.75) is 0 Å². The fourth-order valence-corrected chi connectivity index (χ4v) is 2.49. The van der Waals surface area contributed by atoms with Gasteiger partial charge in [-0.2, -0.15) is 0 Å². The van der Waals surface area contributed by atoms with Gasteiger partial charge in [0.05, 0.1) is 0 Å². The fourth-order valence-electron chi connectivity index (χ4n) is 2.08. The fraction of sp³-hybridized carbons (Fsp3) is 0.118. The predicted octanol–water partition coefficient (Wildman–Crippen LogP) is 4.12. The molecule has 0 bridgehead atoms. The molecule has 2 aromatic rings. The lowest BCUT2D eigenvalue weighted by Gasteiger charge is -2.18. The van der Waals surface area contributed by atoms with E-state index in [9.17, 15) is 4.79 Å². The Bertz CT molecular complexity index is 707. The van der Waals surface area contributed by atoms with E-state index in [0.29, 0.717) is 30.3 Å². The highest BCUT2D eigenvalue weighted by Gasteiger charge is 2.13. The second-order valence-electron chi connectivity index (χ2n) is 4.61. The summed E-state index contributed by atoms with van der Waals surface area (Å²) in [7, 11) is 0. The van der Waals surface area contributed by atoms with Crippen molar-refractivity contribution in [3.05, 3.63) is 64.1 Å². The summed E-state index contributed by atoms with van der Waals surface area (Å²) in [5.41, 5.74) is 1.56. The van der Waals surface area contributed by atoms with Gasteiger partial charge in [0.15, 0.2) is 17.3 Å². The van der Waals surface area contributed by atoms with E-state index in [1.807, 2.05) is 24.3 Å². The summed E-state index contributed by atoms with van der Waals surface area (Å²) >= 11 is 3.41. The Labute approximate surface area is 131 Å². The number of allylic oxidation sites excluding steroid dienone is 1. The molecule has 0 amide bonds. The van der Waals surface area contributed by atoms with Crippen LogP contribution < -0.4 is 9.47 Å². The summed E-state index contributed by atoms with van der Waals surface area (Å²) in [6, 6.07) is 13.0. The molecule has 0 unspecified atom stereocenters. The van der Waals surface area contributed by atoms with Gasteiger partial charge in [-0.25, -0.2) is 0 Å². The maximum absolute atomic E-state index is 12.2. The number of carbonyl (C=O) groups is 1. The van der Waals surface area contributed by atoms with Gasteiger partial charge in [-0.15, -0.1) is 0 Å². The molecule has 4 heteroatoms. The SMILES string of the molecule is O=C(C=Cc1cccc(Br)c1)c1ccc2c(c1)OCCO2. The Kier molecular flexibility index (Phi) is 4.06. The van der Waals surface area contributed by atoms with Gasteiger partial charge in [-0.3, -0.25) is 4.79 Å². The van der Waals surface area contributed by atoms with Crippen LogP contribution in [0.4, 0.5) is 0 Å². The smallest absolute Gasteiger partial charge is 0.185 e. The largest absolute Gasteiger partial charge is 0.486 e. The van der Waals surface area contributed by atoms with E-state index < -0.39 is 0 Å². The molecular formula is C17H13BrO3. The zero-order chi connectivity index (χ0) is 14.7. The maximum atomic E-state index is 12.2. The predicted molar refractivity (Wildman–Crippen MR) is 84.9 cm³/mol. The monoisotopic (exact) mass is 344 g/mol. The number of fused-ring (bicyclic) bond motifs is 1. The molecule has 0 saturated heterocycles. The standard InChI is InChI=1S/C17H13BrO3/c18-14-3-1-2-12(10-14)4-6-15(19)13-5-7-16-17(11-13)21-9-8-20-16/h1-7,10-11H,8-9H2. The summed E-state index contributed by atoms with van der Waals surface area (Å²) in [6.07, 6.45) is 3.36. The number of carbonyl (C=O) groups excluding carboxylic acids is 1. The van der Waals surface area contributed by atoms with Crippen LogP contribution >= 0.6 is 15.9 Å². The van der Waals surface area contributed by atoms with E-state index in [2.05, 4.69) is 15.9 Å². The number of hydrogen-bond acceptors (Lipinski definition) is 3. The van der Waals surface area contributed by atoms with E-state index in [-0.39, 0.29) is 5.78 Å². The van der Waals surface area contributed by atoms with Crippen LogP contribution in [0.1, 0.15) is 15.9 Å². The van der Waals surface area contributed by atoms with Crippen LogP contribution in [0.3, 0.4) is 0 Å². The van der Waals surface area contributed by atoms with Crippen LogP contribution in [0.2, 0.25) is 0 Å². The minimum Gasteiger partial charge on any atom is -0.486 e. The van der Waals surface area contributed by atoms with Gasteiger partial charge in [-0.05, 0) is 42.0 Å². The van der Waals surface area contributed by atoms with Crippen LogP contribution in [0.5, 0.6) is 11.5 Å². The number of halogens is 1. The Balaban J connectivity index is 1.79. The normalized spacial score (nSPS) is 13.4. The molecule has 0 aliphatic carbocycles. The summed E-state index contributed by atoms with van der Waals surface area (Å²) in [4.78, 5) is 12.2. The minimum absolute atomic E-state index is 0.0630. The third-order valence-corrected chi connectivity index (χ3v) is 3.60. The molecule has 0 aromatic heterocycles. The molecule has 2 aromatic carbocycles. The van der Waals surface area contributed by atoms with E-state index in [0.717, 1.165) is 10.0 Å². The first-order valence-corrected chi connectivity index (χ1v) is 7.39. The molecule has 0 saturated carbocycles. The number of hydrogen-bond donors (Lipinski definition) is 0. The summed E-state index contributed by atoms with van der Waals surface area (Å²) in [6.45, 7) is 1.06. The molecule has 0 spiro atoms. The van der Waals surface area contributed by atoms with Gasteiger partial charge >= 0.3 is 0 Å². The highest BCUT2D eigenvalue weighted by atomic mass is 79.9. The van der Waals surface area contributed by atoms with E-state index in [1.54, 1.807) is 30.4 Å². The van der Waals surface area contributed by atoms with Crippen LogP contribution in [-0.2, 0) is 0 Å². The Morgan fingerprint density at radius 1 is 1.05 bits per heavy atom. The highest BCUT2D eigenvalue weighted by molar-refractivity contribution is 9.10. The Morgan fingerprint density at radius 2 is 1.86 bits per heavy atom. The zero-order valence-corrected chi connectivity index (χ0v) is 12.8. The van der Waals surface area contributed by atoms with E-state index in [1.165, 1.54) is 0 Å². The molecule has 1 aliphatic heterocycles. The van der Waals surface area contributed by atoms with Crippen molar-refractivity contribution in [2.75, 3.05) is 13.2 Å². The molecule has 106 valence electrons. The number of rotatable bonds is 3. The zero-order valence-electron chi connectivity index (χ0n) is 11.2. The Hall–Kier alpha value is -2.07. The molecular weight excluding hydrogens is 332 g/mol. The van der Waals surface area contributed by atoms with Crippen LogP contribution in [0.15, 0.2) is 53.0 Å². The quantitative estimate of drug-likeness (QED) is 0.620.